The van der Waals surface area contributed by atoms with Crippen molar-refractivity contribution in [1.82, 2.24) is 24.8 Å². The first-order valence-corrected chi connectivity index (χ1v) is 15.2. The number of nitrogens with zero attached hydrogens (tertiary/aromatic N) is 7. The van der Waals surface area contributed by atoms with E-state index in [9.17, 15) is 19.6 Å². The molecule has 0 radical (unpaired) electrons. The molecule has 2 N–H and O–H groups in total. The summed E-state index contributed by atoms with van der Waals surface area (Å²) in [5.74, 6) is 0.448. The number of piperidine rings is 1. The normalized spacial score (nSPS) is 22.2. The highest BCUT2D eigenvalue weighted by Gasteiger charge is 2.40. The summed E-state index contributed by atoms with van der Waals surface area (Å²) in [6.07, 6.45) is -1.83. The Labute approximate surface area is 261 Å². The first kappa shape index (κ1) is 30.6. The van der Waals surface area contributed by atoms with Crippen molar-refractivity contribution in [3.8, 4) is 23.2 Å². The number of aliphatic hydroxyl groups is 1. The van der Waals surface area contributed by atoms with Crippen LogP contribution in [0.15, 0.2) is 48.8 Å². The first-order chi connectivity index (χ1) is 21.7. The van der Waals surface area contributed by atoms with Crippen molar-refractivity contribution >= 4 is 23.2 Å². The van der Waals surface area contributed by atoms with E-state index in [0.29, 0.717) is 17.3 Å². The second-order valence-corrected chi connectivity index (χ2v) is 12.0. The summed E-state index contributed by atoms with van der Waals surface area (Å²) in [6, 6.07) is 15.2. The van der Waals surface area contributed by atoms with E-state index < -0.39 is 24.3 Å². The van der Waals surface area contributed by atoms with Crippen molar-refractivity contribution in [3.05, 3.63) is 54.4 Å². The number of likely N-dealkylation sites (tertiary alicyclic amines) is 1. The van der Waals surface area contributed by atoms with E-state index in [1.807, 2.05) is 12.1 Å². The molecule has 236 valence electrons. The van der Waals surface area contributed by atoms with Gasteiger partial charge in [-0.1, -0.05) is 0 Å². The number of nitrogens with one attached hydrogen (secondary N) is 1. The number of anilines is 3. The quantitative estimate of drug-likeness (QED) is 0.386. The molecule has 3 atom stereocenters. The molecule has 0 spiro atoms. The minimum atomic E-state index is -1.46. The zero-order chi connectivity index (χ0) is 31.6. The topological polar surface area (TPSA) is 140 Å². The van der Waals surface area contributed by atoms with Crippen LogP contribution in [0.1, 0.15) is 25.8 Å². The summed E-state index contributed by atoms with van der Waals surface area (Å²) < 4.78 is 26.2. The van der Waals surface area contributed by atoms with Gasteiger partial charge in [0.1, 0.15) is 30.4 Å². The third-order valence-electron chi connectivity index (χ3n) is 8.72. The highest BCUT2D eigenvalue weighted by Crippen LogP contribution is 2.30. The van der Waals surface area contributed by atoms with E-state index in [2.05, 4.69) is 55.2 Å². The van der Waals surface area contributed by atoms with Crippen LogP contribution in [0.3, 0.4) is 0 Å². The second kappa shape index (κ2) is 12.9. The van der Waals surface area contributed by atoms with Gasteiger partial charge >= 0.3 is 0 Å². The molecule has 3 saturated heterocycles. The Kier molecular flexibility index (Phi) is 8.80. The van der Waals surface area contributed by atoms with Crippen molar-refractivity contribution in [1.29, 1.82) is 5.26 Å². The molecule has 1 aromatic heterocycles. The van der Waals surface area contributed by atoms with Crippen LogP contribution < -0.4 is 15.0 Å². The fourth-order valence-electron chi connectivity index (χ4n) is 5.97. The molecule has 0 aliphatic carbocycles. The van der Waals surface area contributed by atoms with E-state index in [-0.39, 0.29) is 36.4 Å². The van der Waals surface area contributed by atoms with Crippen molar-refractivity contribution in [2.45, 2.75) is 44.2 Å². The number of ether oxygens (including phenoxy) is 2. The summed E-state index contributed by atoms with van der Waals surface area (Å²) in [7, 11) is 0. The van der Waals surface area contributed by atoms with Gasteiger partial charge in [0, 0.05) is 56.1 Å². The minimum Gasteiger partial charge on any atom is -0.486 e. The van der Waals surface area contributed by atoms with E-state index in [0.717, 1.165) is 50.8 Å². The predicted octanol–water partition coefficient (Wildman–Crippen LogP) is 2.76. The Morgan fingerprint density at radius 1 is 1.16 bits per heavy atom. The molecule has 3 fully saturated rings. The Bertz CT molecular complexity index is 1550. The average molecular weight is 617 g/mol. The van der Waals surface area contributed by atoms with Gasteiger partial charge in [-0.15, -0.1) is 0 Å². The molecular weight excluding hydrogens is 579 g/mol. The number of benzene rings is 2. The molecule has 3 aromatic rings. The van der Waals surface area contributed by atoms with Crippen LogP contribution in [0.4, 0.5) is 21.7 Å². The number of aromatic nitrogens is 3. The molecule has 6 rings (SSSR count). The molecule has 3 aliphatic rings. The number of piperazine rings is 1. The lowest BCUT2D eigenvalue weighted by Gasteiger charge is -2.50. The van der Waals surface area contributed by atoms with Gasteiger partial charge in [-0.2, -0.15) is 10.2 Å². The number of carbonyl (C=O) groups excluding carboxylic acids is 1. The van der Waals surface area contributed by atoms with Gasteiger partial charge in [0.2, 0.25) is 5.95 Å². The highest BCUT2D eigenvalue weighted by molar-refractivity contribution is 5.80. The summed E-state index contributed by atoms with van der Waals surface area (Å²) >= 11 is 0. The summed E-state index contributed by atoms with van der Waals surface area (Å²) in [5.41, 5.74) is 2.96. The molecule has 1 amide bonds. The maximum absolute atomic E-state index is 14.9. The van der Waals surface area contributed by atoms with Crippen molar-refractivity contribution in [3.63, 3.8) is 0 Å². The van der Waals surface area contributed by atoms with Crippen LogP contribution in [0, 0.1) is 11.3 Å². The molecule has 0 unspecified atom stereocenters. The number of carbonyl (C=O) groups is 1. The Morgan fingerprint density at radius 2 is 1.91 bits per heavy atom. The number of halogens is 1. The molecular formula is C32H37FN8O4. The van der Waals surface area contributed by atoms with E-state index in [4.69, 9.17) is 9.47 Å². The van der Waals surface area contributed by atoms with Gasteiger partial charge in [0.05, 0.1) is 30.9 Å². The lowest BCUT2D eigenvalue weighted by molar-refractivity contribution is -0.143. The van der Waals surface area contributed by atoms with Crippen molar-refractivity contribution in [2.75, 3.05) is 62.7 Å². The van der Waals surface area contributed by atoms with Crippen LogP contribution in [0.25, 0.3) is 11.4 Å². The maximum Gasteiger partial charge on any atom is 0.251 e. The molecule has 3 aliphatic heterocycles. The number of amides is 1. The molecule has 0 saturated carbocycles. The van der Waals surface area contributed by atoms with E-state index in [1.54, 1.807) is 18.2 Å². The van der Waals surface area contributed by atoms with Gasteiger partial charge in [0.15, 0.2) is 12.0 Å². The number of rotatable bonds is 8. The predicted molar refractivity (Wildman–Crippen MR) is 165 cm³/mol. The fourth-order valence-corrected chi connectivity index (χ4v) is 5.97. The Balaban J connectivity index is 1.07. The van der Waals surface area contributed by atoms with Crippen LogP contribution >= 0.6 is 0 Å². The van der Waals surface area contributed by atoms with E-state index in [1.165, 1.54) is 18.2 Å². The lowest BCUT2D eigenvalue weighted by Crippen LogP contribution is -2.64. The van der Waals surface area contributed by atoms with Crippen molar-refractivity contribution in [2.24, 2.45) is 0 Å². The number of hydrogen-bond donors (Lipinski definition) is 2. The van der Waals surface area contributed by atoms with Gasteiger partial charge in [-0.3, -0.25) is 9.69 Å². The molecule has 12 nitrogen and oxygen atoms in total. The van der Waals surface area contributed by atoms with Gasteiger partial charge < -0.3 is 29.7 Å². The lowest BCUT2D eigenvalue weighted by atomic mass is 9.97. The number of alkyl halides is 1. The van der Waals surface area contributed by atoms with Crippen LogP contribution in [-0.2, 0) is 9.53 Å². The van der Waals surface area contributed by atoms with Crippen LogP contribution in [0.5, 0.6) is 5.75 Å². The maximum atomic E-state index is 14.9. The van der Waals surface area contributed by atoms with Crippen molar-refractivity contribution < 1.29 is 23.8 Å². The minimum absolute atomic E-state index is 0.176. The zero-order valence-electron chi connectivity index (χ0n) is 25.4. The fraction of sp³-hybridized carbons (Fsp3) is 0.469. The number of nitriles is 1. The van der Waals surface area contributed by atoms with Gasteiger partial charge in [0.25, 0.3) is 5.91 Å². The van der Waals surface area contributed by atoms with Crippen LogP contribution in [-0.4, -0.2) is 112 Å². The number of aliphatic hydroxyl groups excluding tert-OH is 1. The Hall–Kier alpha value is -4.38. The third-order valence-corrected chi connectivity index (χ3v) is 8.72. The largest absolute Gasteiger partial charge is 0.486 e. The summed E-state index contributed by atoms with van der Waals surface area (Å²) in [4.78, 5) is 31.3. The zero-order valence-corrected chi connectivity index (χ0v) is 25.4. The molecule has 4 heterocycles. The molecule has 2 aromatic carbocycles. The van der Waals surface area contributed by atoms with E-state index >= 15 is 0 Å². The second-order valence-electron chi connectivity index (χ2n) is 12.0. The first-order valence-electron chi connectivity index (χ1n) is 15.2. The molecule has 45 heavy (non-hydrogen) atoms. The Morgan fingerprint density at radius 3 is 2.56 bits per heavy atom. The van der Waals surface area contributed by atoms with Gasteiger partial charge in [-0.05, 0) is 56.3 Å². The SMILES string of the molecule is C[C@H](O)C(=O)N1CC[C@H](Oc2ccc(-c3ncnc(Nc4ccc(N5CCN(C6(C)COC6)CC5)cc4)n3)cc2C#N)[C@@H](F)C1. The van der Waals surface area contributed by atoms with Gasteiger partial charge in [-0.25, -0.2) is 14.4 Å². The monoisotopic (exact) mass is 616 g/mol. The summed E-state index contributed by atoms with van der Waals surface area (Å²) in [5, 5.41) is 22.6. The van der Waals surface area contributed by atoms with Crippen LogP contribution in [0.2, 0.25) is 0 Å². The number of hydrogen-bond acceptors (Lipinski definition) is 11. The highest BCUT2D eigenvalue weighted by atomic mass is 19.1. The average Bonchev–Trinajstić information content (AvgIpc) is 3.05. The molecule has 13 heteroatoms. The third kappa shape index (κ3) is 6.68. The molecule has 0 bridgehead atoms. The summed E-state index contributed by atoms with van der Waals surface area (Å²) in [6.45, 7) is 9.28. The smallest absolute Gasteiger partial charge is 0.251 e. The standard InChI is InChI=1S/C32H37FN8O4/c1-21(42)30(43)40-10-9-28(26(33)17-40)45-27-8-3-22(15-23(27)16-34)29-35-20-36-31(38-29)37-24-4-6-25(7-5-24)39-11-13-41(14-12-39)32(2)18-44-19-32/h3-8,15,20-21,26,28,42H,9-14,17-19H2,1-2H3,(H,35,36,37,38)/t21-,26-,28-/m0/s1.